The van der Waals surface area contributed by atoms with Crippen molar-refractivity contribution >= 4 is 0 Å². The zero-order valence-corrected chi connectivity index (χ0v) is 18.2. The Balaban J connectivity index is 1.36. The maximum Gasteiger partial charge on any atom is 0.0208 e. The summed E-state index contributed by atoms with van der Waals surface area (Å²) in [7, 11) is 0. The van der Waals surface area contributed by atoms with E-state index in [0.29, 0.717) is 23.9 Å². The van der Waals surface area contributed by atoms with Gasteiger partial charge in [-0.1, -0.05) is 76.2 Å². The largest absolute Gasteiger partial charge is 0.310 e. The molecule has 0 unspecified atom stereocenters. The third-order valence-electron chi connectivity index (χ3n) is 6.21. The van der Waals surface area contributed by atoms with Crippen LogP contribution < -0.4 is 10.6 Å². The van der Waals surface area contributed by atoms with E-state index in [9.17, 15) is 0 Å². The van der Waals surface area contributed by atoms with Gasteiger partial charge in [-0.25, -0.2) is 0 Å². The highest BCUT2D eigenvalue weighted by Gasteiger charge is 2.20. The molecule has 2 heteroatoms. The molecule has 0 aromatic heterocycles. The molecule has 0 heterocycles. The number of hydrogen-bond donors (Lipinski definition) is 2. The zero-order chi connectivity index (χ0) is 19.9. The SMILES string of the molecule is CC(C)c1ccc(CNC2CCC(NCc3ccc(C(C)C)cc3)CC2)cc1. The van der Waals surface area contributed by atoms with Crippen LogP contribution in [0.25, 0.3) is 0 Å². The van der Waals surface area contributed by atoms with Crippen molar-refractivity contribution in [1.29, 1.82) is 0 Å². The average molecular weight is 379 g/mol. The average Bonchev–Trinajstić information content (AvgIpc) is 2.72. The molecule has 0 atom stereocenters. The maximum absolute atomic E-state index is 3.77. The predicted octanol–water partition coefficient (Wildman–Crippen LogP) is 6.12. The van der Waals surface area contributed by atoms with Gasteiger partial charge in [0.05, 0.1) is 0 Å². The first-order valence-electron chi connectivity index (χ1n) is 11.2. The van der Waals surface area contributed by atoms with Gasteiger partial charge in [-0.3, -0.25) is 0 Å². The lowest BCUT2D eigenvalue weighted by atomic mass is 9.90. The van der Waals surface area contributed by atoms with Crippen LogP contribution in [0.2, 0.25) is 0 Å². The standard InChI is InChI=1S/C26H38N2/c1-19(2)23-9-5-21(6-10-23)17-27-25-13-15-26(16-14-25)28-18-22-7-11-24(12-8-22)20(3)4/h5-12,19-20,25-28H,13-18H2,1-4H3. The normalized spacial score (nSPS) is 20.1. The summed E-state index contributed by atoms with van der Waals surface area (Å²) in [6.07, 6.45) is 5.09. The Bertz CT molecular complexity index is 629. The van der Waals surface area contributed by atoms with Gasteiger partial charge in [0.15, 0.2) is 0 Å². The topological polar surface area (TPSA) is 24.1 Å². The summed E-state index contributed by atoms with van der Waals surface area (Å²) in [5.74, 6) is 1.22. The van der Waals surface area contributed by atoms with Crippen LogP contribution in [-0.2, 0) is 13.1 Å². The molecule has 2 nitrogen and oxygen atoms in total. The summed E-state index contributed by atoms with van der Waals surface area (Å²) in [5.41, 5.74) is 5.65. The molecule has 0 bridgehead atoms. The molecule has 152 valence electrons. The van der Waals surface area contributed by atoms with Gasteiger partial charge < -0.3 is 10.6 Å². The van der Waals surface area contributed by atoms with Crippen LogP contribution in [0, 0.1) is 0 Å². The van der Waals surface area contributed by atoms with Crippen molar-refractivity contribution in [3.05, 3.63) is 70.8 Å². The Morgan fingerprint density at radius 1 is 0.607 bits per heavy atom. The first-order chi connectivity index (χ1) is 13.5. The second kappa shape index (κ2) is 10.2. The van der Waals surface area contributed by atoms with Gasteiger partial charge in [-0.15, -0.1) is 0 Å². The van der Waals surface area contributed by atoms with Gasteiger partial charge in [0.2, 0.25) is 0 Å². The highest BCUT2D eigenvalue weighted by molar-refractivity contribution is 5.25. The quantitative estimate of drug-likeness (QED) is 0.578. The van der Waals surface area contributed by atoms with Gasteiger partial charge in [-0.2, -0.15) is 0 Å². The molecule has 1 aliphatic rings. The molecule has 1 saturated carbocycles. The Kier molecular flexibility index (Phi) is 7.70. The molecular weight excluding hydrogens is 340 g/mol. The van der Waals surface area contributed by atoms with Gasteiger partial charge >= 0.3 is 0 Å². The molecule has 2 N–H and O–H groups in total. The fraction of sp³-hybridized carbons (Fsp3) is 0.538. The Hall–Kier alpha value is -1.64. The lowest BCUT2D eigenvalue weighted by molar-refractivity contribution is 0.305. The molecule has 2 aromatic rings. The van der Waals surface area contributed by atoms with E-state index in [0.717, 1.165) is 13.1 Å². The molecule has 1 fully saturated rings. The Morgan fingerprint density at radius 2 is 0.929 bits per heavy atom. The molecule has 0 spiro atoms. The van der Waals surface area contributed by atoms with Crippen LogP contribution in [0.4, 0.5) is 0 Å². The van der Waals surface area contributed by atoms with E-state index < -0.39 is 0 Å². The second-order valence-corrected chi connectivity index (χ2v) is 9.10. The molecule has 2 aromatic carbocycles. The highest BCUT2D eigenvalue weighted by atomic mass is 14.9. The van der Waals surface area contributed by atoms with E-state index in [2.05, 4.69) is 86.9 Å². The van der Waals surface area contributed by atoms with Crippen LogP contribution in [0.15, 0.2) is 48.5 Å². The fourth-order valence-corrected chi connectivity index (χ4v) is 4.07. The van der Waals surface area contributed by atoms with Crippen LogP contribution >= 0.6 is 0 Å². The molecule has 0 amide bonds. The third-order valence-corrected chi connectivity index (χ3v) is 6.21. The van der Waals surface area contributed by atoms with Crippen LogP contribution in [-0.4, -0.2) is 12.1 Å². The summed E-state index contributed by atoms with van der Waals surface area (Å²) < 4.78 is 0. The second-order valence-electron chi connectivity index (χ2n) is 9.10. The smallest absolute Gasteiger partial charge is 0.0208 e. The number of benzene rings is 2. The number of nitrogens with one attached hydrogen (secondary N) is 2. The monoisotopic (exact) mass is 378 g/mol. The summed E-state index contributed by atoms with van der Waals surface area (Å²) in [5, 5.41) is 7.54. The van der Waals surface area contributed by atoms with Gasteiger partial charge in [0.25, 0.3) is 0 Å². The molecule has 1 aliphatic carbocycles. The van der Waals surface area contributed by atoms with E-state index in [1.54, 1.807) is 0 Å². The summed E-state index contributed by atoms with van der Waals surface area (Å²) in [6, 6.07) is 19.5. The first-order valence-corrected chi connectivity index (χ1v) is 11.2. The van der Waals surface area contributed by atoms with E-state index in [4.69, 9.17) is 0 Å². The lowest BCUT2D eigenvalue weighted by Crippen LogP contribution is -2.39. The van der Waals surface area contributed by atoms with Crippen molar-refractivity contribution in [3.63, 3.8) is 0 Å². The summed E-state index contributed by atoms with van der Waals surface area (Å²) >= 11 is 0. The lowest BCUT2D eigenvalue weighted by Gasteiger charge is -2.30. The van der Waals surface area contributed by atoms with Crippen molar-refractivity contribution in [2.45, 2.75) is 90.4 Å². The van der Waals surface area contributed by atoms with Crippen molar-refractivity contribution in [2.24, 2.45) is 0 Å². The van der Waals surface area contributed by atoms with Crippen molar-refractivity contribution in [1.82, 2.24) is 10.6 Å². The van der Waals surface area contributed by atoms with Crippen molar-refractivity contribution in [3.8, 4) is 0 Å². The molecular formula is C26H38N2. The van der Waals surface area contributed by atoms with E-state index in [1.165, 1.54) is 47.9 Å². The Labute approximate surface area is 172 Å². The minimum atomic E-state index is 0.609. The third kappa shape index (κ3) is 6.18. The van der Waals surface area contributed by atoms with Crippen LogP contribution in [0.1, 0.15) is 87.5 Å². The molecule has 0 saturated heterocycles. The zero-order valence-electron chi connectivity index (χ0n) is 18.2. The molecule has 0 aliphatic heterocycles. The minimum absolute atomic E-state index is 0.609. The molecule has 3 rings (SSSR count). The molecule has 0 radical (unpaired) electrons. The van der Waals surface area contributed by atoms with E-state index in [1.807, 2.05) is 0 Å². The first kappa shape index (κ1) is 21.1. The van der Waals surface area contributed by atoms with Gasteiger partial charge in [-0.05, 0) is 59.8 Å². The number of rotatable bonds is 8. The van der Waals surface area contributed by atoms with Gasteiger partial charge in [0, 0.05) is 25.2 Å². The van der Waals surface area contributed by atoms with E-state index >= 15 is 0 Å². The predicted molar refractivity (Wildman–Crippen MR) is 121 cm³/mol. The Morgan fingerprint density at radius 3 is 1.21 bits per heavy atom. The fourth-order valence-electron chi connectivity index (χ4n) is 4.07. The summed E-state index contributed by atoms with van der Waals surface area (Å²) in [6.45, 7) is 11.0. The summed E-state index contributed by atoms with van der Waals surface area (Å²) in [4.78, 5) is 0. The van der Waals surface area contributed by atoms with Crippen molar-refractivity contribution < 1.29 is 0 Å². The van der Waals surface area contributed by atoms with E-state index in [-0.39, 0.29) is 0 Å². The maximum atomic E-state index is 3.77. The minimum Gasteiger partial charge on any atom is -0.310 e. The van der Waals surface area contributed by atoms with Crippen LogP contribution in [0.5, 0.6) is 0 Å². The van der Waals surface area contributed by atoms with Crippen molar-refractivity contribution in [2.75, 3.05) is 0 Å². The highest BCUT2D eigenvalue weighted by Crippen LogP contribution is 2.21. The molecule has 28 heavy (non-hydrogen) atoms. The van der Waals surface area contributed by atoms with Gasteiger partial charge in [0.1, 0.15) is 0 Å². The number of hydrogen-bond acceptors (Lipinski definition) is 2. The van der Waals surface area contributed by atoms with Crippen LogP contribution in [0.3, 0.4) is 0 Å².